The second-order valence-electron chi connectivity index (χ2n) is 7.71. The van der Waals surface area contributed by atoms with Crippen molar-refractivity contribution in [2.75, 3.05) is 26.2 Å². The third kappa shape index (κ3) is 3.81. The molecule has 1 atom stereocenters. The van der Waals surface area contributed by atoms with E-state index in [9.17, 15) is 13.2 Å². The summed E-state index contributed by atoms with van der Waals surface area (Å²) >= 11 is 0. The molecule has 1 aromatic carbocycles. The highest BCUT2D eigenvalue weighted by Crippen LogP contribution is 2.26. The highest BCUT2D eigenvalue weighted by atomic mass is 32.2. The number of amides is 1. The highest BCUT2D eigenvalue weighted by Gasteiger charge is 2.32. The Morgan fingerprint density at radius 3 is 2.71 bits per heavy atom. The topological polar surface area (TPSA) is 80.6 Å². The number of nitrogens with one attached hydrogen (secondary N) is 1. The Bertz CT molecular complexity index is 955. The zero-order chi connectivity index (χ0) is 19.7. The van der Waals surface area contributed by atoms with Gasteiger partial charge in [-0.05, 0) is 49.9 Å². The normalized spacial score (nSPS) is 22.0. The fraction of sp³-hybridized carbons (Fsp3) is 0.550. The van der Waals surface area contributed by atoms with Gasteiger partial charge in [-0.15, -0.1) is 0 Å². The van der Waals surface area contributed by atoms with Gasteiger partial charge in [0, 0.05) is 56.3 Å². The molecule has 2 aliphatic heterocycles. The second kappa shape index (κ2) is 7.85. The number of ether oxygens (including phenoxy) is 1. The van der Waals surface area contributed by atoms with E-state index in [1.807, 2.05) is 29.9 Å². The van der Waals surface area contributed by atoms with Gasteiger partial charge in [0.15, 0.2) is 0 Å². The molecule has 152 valence electrons. The number of sulfonamides is 1. The first-order valence-electron chi connectivity index (χ1n) is 9.90. The van der Waals surface area contributed by atoms with E-state index in [4.69, 9.17) is 4.74 Å². The zero-order valence-corrected chi connectivity index (χ0v) is 17.0. The van der Waals surface area contributed by atoms with Gasteiger partial charge in [-0.25, -0.2) is 8.42 Å². The number of benzene rings is 1. The Morgan fingerprint density at radius 2 is 2.00 bits per heavy atom. The molecule has 2 aliphatic rings. The third-order valence-electron chi connectivity index (χ3n) is 5.85. The summed E-state index contributed by atoms with van der Waals surface area (Å²) in [7, 11) is -1.61. The monoisotopic (exact) mass is 405 g/mol. The maximum atomic E-state index is 13.0. The van der Waals surface area contributed by atoms with Crippen LogP contribution >= 0.6 is 0 Å². The van der Waals surface area contributed by atoms with Crippen LogP contribution in [0.3, 0.4) is 0 Å². The number of carbonyl (C=O) groups is 1. The molecule has 2 saturated heterocycles. The number of hydrogen-bond acceptors (Lipinski definition) is 4. The van der Waals surface area contributed by atoms with E-state index in [0.717, 1.165) is 30.4 Å². The molecule has 0 aliphatic carbocycles. The van der Waals surface area contributed by atoms with Crippen molar-refractivity contribution in [2.45, 2.75) is 36.7 Å². The minimum atomic E-state index is -3.55. The average Bonchev–Trinajstić information content (AvgIpc) is 3.36. The molecule has 7 nitrogen and oxygen atoms in total. The Kier molecular flexibility index (Phi) is 5.44. The fourth-order valence-electron chi connectivity index (χ4n) is 4.09. The van der Waals surface area contributed by atoms with Gasteiger partial charge in [-0.2, -0.15) is 4.31 Å². The van der Waals surface area contributed by atoms with E-state index < -0.39 is 10.0 Å². The van der Waals surface area contributed by atoms with Crippen molar-refractivity contribution < 1.29 is 17.9 Å². The van der Waals surface area contributed by atoms with Crippen LogP contribution in [0.4, 0.5) is 0 Å². The summed E-state index contributed by atoms with van der Waals surface area (Å²) in [6.07, 6.45) is 5.17. The maximum Gasteiger partial charge on any atom is 0.243 e. The first-order chi connectivity index (χ1) is 13.4. The molecule has 8 heteroatoms. The smallest absolute Gasteiger partial charge is 0.243 e. The van der Waals surface area contributed by atoms with Gasteiger partial charge in [0.05, 0.1) is 11.0 Å². The van der Waals surface area contributed by atoms with E-state index in [-0.39, 0.29) is 17.9 Å². The van der Waals surface area contributed by atoms with Gasteiger partial charge in [0.25, 0.3) is 0 Å². The summed E-state index contributed by atoms with van der Waals surface area (Å²) < 4.78 is 35.0. The number of rotatable bonds is 5. The van der Waals surface area contributed by atoms with Crippen LogP contribution in [0.25, 0.3) is 10.9 Å². The van der Waals surface area contributed by atoms with Crippen LogP contribution in [0.15, 0.2) is 35.4 Å². The summed E-state index contributed by atoms with van der Waals surface area (Å²) in [5.41, 5.74) is 1.00. The molecule has 4 rings (SSSR count). The van der Waals surface area contributed by atoms with E-state index in [1.54, 1.807) is 12.1 Å². The lowest BCUT2D eigenvalue weighted by molar-refractivity contribution is -0.126. The second-order valence-corrected chi connectivity index (χ2v) is 9.64. The lowest BCUT2D eigenvalue weighted by Gasteiger charge is -2.30. The molecular formula is C20H27N3O4S. The molecule has 1 aromatic heterocycles. The SMILES string of the molecule is Cn1ccc2cc(S(=O)(=O)N3CCC(C(=O)NCC4CCCO4)CC3)ccc21. The zero-order valence-electron chi connectivity index (χ0n) is 16.1. The van der Waals surface area contributed by atoms with E-state index in [2.05, 4.69) is 5.32 Å². The average molecular weight is 406 g/mol. The lowest BCUT2D eigenvalue weighted by Crippen LogP contribution is -2.44. The summed E-state index contributed by atoms with van der Waals surface area (Å²) in [5, 5.41) is 3.88. The predicted molar refractivity (Wildman–Crippen MR) is 106 cm³/mol. The van der Waals surface area contributed by atoms with Crippen molar-refractivity contribution in [2.24, 2.45) is 13.0 Å². The number of aromatic nitrogens is 1. The summed E-state index contributed by atoms with van der Waals surface area (Å²) in [6.45, 7) is 2.06. The van der Waals surface area contributed by atoms with E-state index in [1.165, 1.54) is 4.31 Å². The first-order valence-corrected chi connectivity index (χ1v) is 11.3. The van der Waals surface area contributed by atoms with Crippen molar-refractivity contribution in [3.05, 3.63) is 30.5 Å². The van der Waals surface area contributed by atoms with Crippen molar-refractivity contribution in [3.8, 4) is 0 Å². The molecular weight excluding hydrogens is 378 g/mol. The quantitative estimate of drug-likeness (QED) is 0.824. The van der Waals surface area contributed by atoms with Gasteiger partial charge in [-0.3, -0.25) is 4.79 Å². The van der Waals surface area contributed by atoms with Crippen LogP contribution < -0.4 is 5.32 Å². The van der Waals surface area contributed by atoms with Crippen LogP contribution in [-0.4, -0.2) is 55.5 Å². The Labute approximate surface area is 165 Å². The molecule has 0 spiro atoms. The van der Waals surface area contributed by atoms with Crippen molar-refractivity contribution in [1.82, 2.24) is 14.2 Å². The number of fused-ring (bicyclic) bond motifs is 1. The van der Waals surface area contributed by atoms with Crippen LogP contribution in [0.2, 0.25) is 0 Å². The van der Waals surface area contributed by atoms with Crippen molar-refractivity contribution in [3.63, 3.8) is 0 Å². The van der Waals surface area contributed by atoms with Crippen LogP contribution in [-0.2, 0) is 26.6 Å². The van der Waals surface area contributed by atoms with Crippen LogP contribution in [0.5, 0.6) is 0 Å². The highest BCUT2D eigenvalue weighted by molar-refractivity contribution is 7.89. The van der Waals surface area contributed by atoms with Gasteiger partial charge >= 0.3 is 0 Å². The fourth-order valence-corrected chi connectivity index (χ4v) is 5.60. The summed E-state index contributed by atoms with van der Waals surface area (Å²) in [5.74, 6) is -0.122. The molecule has 2 fully saturated rings. The third-order valence-corrected chi connectivity index (χ3v) is 7.74. The number of aryl methyl sites for hydroxylation is 1. The van der Waals surface area contributed by atoms with Gasteiger partial charge in [0.1, 0.15) is 0 Å². The molecule has 1 N–H and O–H groups in total. The molecule has 1 unspecified atom stereocenters. The summed E-state index contributed by atoms with van der Waals surface area (Å²) in [6, 6.07) is 7.15. The van der Waals surface area contributed by atoms with Gasteiger partial charge < -0.3 is 14.6 Å². The minimum Gasteiger partial charge on any atom is -0.376 e. The number of piperidine rings is 1. The summed E-state index contributed by atoms with van der Waals surface area (Å²) in [4.78, 5) is 12.7. The number of carbonyl (C=O) groups excluding carboxylic acids is 1. The van der Waals surface area contributed by atoms with Crippen LogP contribution in [0.1, 0.15) is 25.7 Å². The molecule has 28 heavy (non-hydrogen) atoms. The lowest BCUT2D eigenvalue weighted by atomic mass is 9.97. The molecule has 0 bridgehead atoms. The Hall–Kier alpha value is -1.90. The Balaban J connectivity index is 1.37. The maximum absolute atomic E-state index is 13.0. The van der Waals surface area contributed by atoms with Crippen molar-refractivity contribution in [1.29, 1.82) is 0 Å². The minimum absolute atomic E-state index is 0.0123. The van der Waals surface area contributed by atoms with E-state index in [0.29, 0.717) is 37.4 Å². The standard InChI is InChI=1S/C20H27N3O4S/c1-22-9-6-16-13-18(4-5-19(16)22)28(25,26)23-10-7-15(8-11-23)20(24)21-14-17-3-2-12-27-17/h4-6,9,13,15,17H,2-3,7-8,10-12,14H2,1H3,(H,21,24). The van der Waals surface area contributed by atoms with Gasteiger partial charge in [-0.1, -0.05) is 0 Å². The van der Waals surface area contributed by atoms with Crippen LogP contribution in [0, 0.1) is 5.92 Å². The predicted octanol–water partition coefficient (Wildman–Crippen LogP) is 1.87. The molecule has 2 aromatic rings. The van der Waals surface area contributed by atoms with Gasteiger partial charge in [0.2, 0.25) is 15.9 Å². The molecule has 0 saturated carbocycles. The molecule has 0 radical (unpaired) electrons. The molecule has 1 amide bonds. The number of hydrogen-bond donors (Lipinski definition) is 1. The Morgan fingerprint density at radius 1 is 1.21 bits per heavy atom. The van der Waals surface area contributed by atoms with E-state index >= 15 is 0 Å². The molecule has 3 heterocycles. The first kappa shape index (κ1) is 19.4. The largest absolute Gasteiger partial charge is 0.376 e. The van der Waals surface area contributed by atoms with Crippen molar-refractivity contribution >= 4 is 26.8 Å². The number of nitrogens with zero attached hydrogens (tertiary/aromatic N) is 2.